The number of hydrogen-bond acceptors (Lipinski definition) is 4. The lowest BCUT2D eigenvalue weighted by Gasteiger charge is -2.31. The lowest BCUT2D eigenvalue weighted by molar-refractivity contribution is -0.126. The first-order valence-corrected chi connectivity index (χ1v) is 11.5. The molecule has 7 heteroatoms. The van der Waals surface area contributed by atoms with Gasteiger partial charge in [-0.25, -0.2) is 8.42 Å². The molecule has 1 amide bonds. The highest BCUT2D eigenvalue weighted by atomic mass is 32.2. The van der Waals surface area contributed by atoms with Gasteiger partial charge in [0.1, 0.15) is 0 Å². The molecule has 3 rings (SSSR count). The fraction of sp³-hybridized carbons (Fsp3) is 0.650. The first-order valence-electron chi connectivity index (χ1n) is 10.0. The fourth-order valence-corrected chi connectivity index (χ4v) is 5.47. The third-order valence-electron chi connectivity index (χ3n) is 5.66. The van der Waals surface area contributed by atoms with Gasteiger partial charge in [-0.15, -0.1) is 0 Å². The van der Waals surface area contributed by atoms with Crippen LogP contribution in [0.25, 0.3) is 0 Å². The topological polar surface area (TPSA) is 78.5 Å². The number of sulfonamides is 1. The van der Waals surface area contributed by atoms with Crippen molar-refractivity contribution in [1.29, 1.82) is 0 Å². The smallest absolute Gasteiger partial charge is 0.243 e. The lowest BCUT2D eigenvalue weighted by atomic mass is 9.95. The summed E-state index contributed by atoms with van der Waals surface area (Å²) in [5.74, 6) is 0.356. The summed E-state index contributed by atoms with van der Waals surface area (Å²) in [6, 6.07) is 6.90. The van der Waals surface area contributed by atoms with Gasteiger partial charge in [0.2, 0.25) is 15.9 Å². The maximum atomic E-state index is 12.9. The molecule has 150 valence electrons. The first-order chi connectivity index (χ1) is 13.0. The summed E-state index contributed by atoms with van der Waals surface area (Å²) in [5, 5.41) is 6.42. The molecule has 1 aromatic carbocycles. The Hall–Kier alpha value is -1.44. The van der Waals surface area contributed by atoms with Crippen molar-refractivity contribution in [3.8, 4) is 0 Å². The number of nitrogens with zero attached hydrogens (tertiary/aromatic N) is 1. The maximum Gasteiger partial charge on any atom is 0.243 e. The quantitative estimate of drug-likeness (QED) is 0.774. The van der Waals surface area contributed by atoms with Crippen LogP contribution < -0.4 is 10.6 Å². The number of amides is 1. The Balaban J connectivity index is 1.53. The zero-order chi connectivity index (χ0) is 19.3. The lowest BCUT2D eigenvalue weighted by Crippen LogP contribution is -2.45. The molecule has 2 aliphatic rings. The average Bonchev–Trinajstić information content (AvgIpc) is 2.69. The number of hydrogen-bond donors (Lipinski definition) is 2. The van der Waals surface area contributed by atoms with E-state index in [0.717, 1.165) is 37.9 Å². The Bertz CT molecular complexity index is 727. The molecule has 2 unspecified atom stereocenters. The molecule has 2 heterocycles. The number of benzene rings is 1. The van der Waals surface area contributed by atoms with E-state index in [1.165, 1.54) is 17.1 Å². The second-order valence-corrected chi connectivity index (χ2v) is 9.75. The van der Waals surface area contributed by atoms with Gasteiger partial charge in [0.05, 0.1) is 10.8 Å². The third kappa shape index (κ3) is 5.30. The van der Waals surface area contributed by atoms with Gasteiger partial charge in [-0.05, 0) is 70.2 Å². The van der Waals surface area contributed by atoms with Crippen LogP contribution in [0.3, 0.4) is 0 Å². The molecule has 2 N–H and O–H groups in total. The minimum atomic E-state index is -3.54. The molecule has 27 heavy (non-hydrogen) atoms. The Morgan fingerprint density at radius 1 is 1.22 bits per heavy atom. The SMILES string of the molecule is Cc1ccc(S(=O)(=O)N2CCCC(C(=O)NCCC3CCCNC3)C2)cc1. The third-order valence-corrected chi connectivity index (χ3v) is 7.54. The van der Waals surface area contributed by atoms with Crippen molar-refractivity contribution < 1.29 is 13.2 Å². The van der Waals surface area contributed by atoms with Gasteiger partial charge in [-0.2, -0.15) is 4.31 Å². The van der Waals surface area contributed by atoms with E-state index >= 15 is 0 Å². The van der Waals surface area contributed by atoms with E-state index in [4.69, 9.17) is 0 Å². The number of nitrogens with one attached hydrogen (secondary N) is 2. The predicted octanol–water partition coefficient (Wildman–Crippen LogP) is 1.90. The van der Waals surface area contributed by atoms with Gasteiger partial charge in [0, 0.05) is 19.6 Å². The molecule has 0 aliphatic carbocycles. The van der Waals surface area contributed by atoms with Crippen LogP contribution in [0.1, 0.15) is 37.7 Å². The van der Waals surface area contributed by atoms with Crippen LogP contribution in [0.2, 0.25) is 0 Å². The summed E-state index contributed by atoms with van der Waals surface area (Å²) in [6.45, 7) is 5.48. The first kappa shape index (κ1) is 20.3. The van der Waals surface area contributed by atoms with Crippen LogP contribution in [0, 0.1) is 18.8 Å². The van der Waals surface area contributed by atoms with Gasteiger partial charge < -0.3 is 10.6 Å². The summed E-state index contributed by atoms with van der Waals surface area (Å²) < 4.78 is 27.2. The van der Waals surface area contributed by atoms with Crippen molar-refractivity contribution in [3.05, 3.63) is 29.8 Å². The van der Waals surface area contributed by atoms with Crippen LogP contribution in [0.15, 0.2) is 29.2 Å². The van der Waals surface area contributed by atoms with Crippen molar-refractivity contribution in [1.82, 2.24) is 14.9 Å². The molecular weight excluding hydrogens is 362 g/mol. The van der Waals surface area contributed by atoms with Crippen LogP contribution in [0.5, 0.6) is 0 Å². The molecule has 2 aliphatic heterocycles. The summed E-state index contributed by atoms with van der Waals surface area (Å²) in [6.07, 6.45) is 4.87. The normalized spacial score (nSPS) is 24.5. The Morgan fingerprint density at radius 2 is 2.00 bits per heavy atom. The van der Waals surface area contributed by atoms with Crippen LogP contribution in [-0.4, -0.2) is 51.4 Å². The monoisotopic (exact) mass is 393 g/mol. The Morgan fingerprint density at radius 3 is 2.70 bits per heavy atom. The molecule has 2 atom stereocenters. The minimum Gasteiger partial charge on any atom is -0.356 e. The van der Waals surface area contributed by atoms with Crippen LogP contribution in [0.4, 0.5) is 0 Å². The number of rotatable bonds is 6. The summed E-state index contributed by atoms with van der Waals surface area (Å²) in [5.41, 5.74) is 1.03. The van der Waals surface area contributed by atoms with Crippen molar-refractivity contribution in [3.63, 3.8) is 0 Å². The largest absolute Gasteiger partial charge is 0.356 e. The highest BCUT2D eigenvalue weighted by molar-refractivity contribution is 7.89. The molecule has 0 aromatic heterocycles. The molecule has 1 aromatic rings. The van der Waals surface area contributed by atoms with Gasteiger partial charge >= 0.3 is 0 Å². The van der Waals surface area contributed by atoms with Gasteiger partial charge in [-0.1, -0.05) is 17.7 Å². The molecular formula is C20H31N3O3S. The van der Waals surface area contributed by atoms with E-state index in [1.807, 2.05) is 6.92 Å². The van der Waals surface area contributed by atoms with E-state index in [9.17, 15) is 13.2 Å². The highest BCUT2D eigenvalue weighted by Crippen LogP contribution is 2.24. The maximum absolute atomic E-state index is 12.9. The van der Waals surface area contributed by atoms with E-state index in [-0.39, 0.29) is 18.4 Å². The number of aryl methyl sites for hydroxylation is 1. The van der Waals surface area contributed by atoms with Crippen molar-refractivity contribution in [2.75, 3.05) is 32.7 Å². The second-order valence-electron chi connectivity index (χ2n) is 7.81. The predicted molar refractivity (Wildman–Crippen MR) is 106 cm³/mol. The summed E-state index contributed by atoms with van der Waals surface area (Å²) in [7, 11) is -3.54. The Kier molecular flexibility index (Phi) is 6.89. The van der Waals surface area contributed by atoms with Crippen molar-refractivity contribution >= 4 is 15.9 Å². The molecule has 6 nitrogen and oxygen atoms in total. The van der Waals surface area contributed by atoms with Gasteiger partial charge in [0.15, 0.2) is 0 Å². The fourth-order valence-electron chi connectivity index (χ4n) is 3.95. The van der Waals surface area contributed by atoms with E-state index in [1.54, 1.807) is 24.3 Å². The summed E-state index contributed by atoms with van der Waals surface area (Å²) in [4.78, 5) is 12.8. The van der Waals surface area contributed by atoms with Crippen molar-refractivity contribution in [2.45, 2.75) is 43.9 Å². The Labute approximate surface area is 162 Å². The highest BCUT2D eigenvalue weighted by Gasteiger charge is 2.33. The van der Waals surface area contributed by atoms with Crippen LogP contribution in [-0.2, 0) is 14.8 Å². The molecule has 0 bridgehead atoms. The standard InChI is InChI=1S/C20H31N3O3S/c1-16-6-8-19(9-7-16)27(25,26)23-13-3-5-18(15-23)20(24)22-12-10-17-4-2-11-21-14-17/h6-9,17-18,21H,2-5,10-15H2,1H3,(H,22,24). The number of carbonyl (C=O) groups excluding carboxylic acids is 1. The zero-order valence-corrected chi connectivity index (χ0v) is 16.9. The van der Waals surface area contributed by atoms with Crippen LogP contribution >= 0.6 is 0 Å². The average molecular weight is 394 g/mol. The molecule has 2 saturated heterocycles. The molecule has 0 radical (unpaired) electrons. The summed E-state index contributed by atoms with van der Waals surface area (Å²) >= 11 is 0. The van der Waals surface area contributed by atoms with E-state index in [2.05, 4.69) is 10.6 Å². The minimum absolute atomic E-state index is 0.0115. The second kappa shape index (κ2) is 9.17. The molecule has 0 saturated carbocycles. The molecule has 2 fully saturated rings. The van der Waals surface area contributed by atoms with Crippen molar-refractivity contribution in [2.24, 2.45) is 11.8 Å². The van der Waals surface area contributed by atoms with E-state index < -0.39 is 10.0 Å². The molecule has 0 spiro atoms. The zero-order valence-electron chi connectivity index (χ0n) is 16.1. The van der Waals surface area contributed by atoms with E-state index in [0.29, 0.717) is 23.9 Å². The number of carbonyl (C=O) groups is 1. The van der Waals surface area contributed by atoms with Gasteiger partial charge in [0.25, 0.3) is 0 Å². The number of piperidine rings is 2. The van der Waals surface area contributed by atoms with Gasteiger partial charge in [-0.3, -0.25) is 4.79 Å².